The van der Waals surface area contributed by atoms with Crippen LogP contribution in [0.5, 0.6) is 0 Å². The second-order valence-corrected chi connectivity index (χ2v) is 4.39. The molecule has 84 valence electrons. The molecule has 2 nitrogen and oxygen atoms in total. The van der Waals surface area contributed by atoms with Gasteiger partial charge in [0.2, 0.25) is 0 Å². The summed E-state index contributed by atoms with van der Waals surface area (Å²) in [4.78, 5) is 0. The van der Waals surface area contributed by atoms with Crippen molar-refractivity contribution in [2.45, 2.75) is 6.92 Å². The van der Waals surface area contributed by atoms with Crippen LogP contribution in [0.4, 0.5) is 4.39 Å². The molecule has 0 saturated heterocycles. The lowest BCUT2D eigenvalue weighted by molar-refractivity contribution is 0.638. The van der Waals surface area contributed by atoms with E-state index >= 15 is 0 Å². The first-order valence-electron chi connectivity index (χ1n) is 5.24. The number of fused-ring (bicyclic) bond motifs is 1. The van der Waals surface area contributed by atoms with Crippen molar-refractivity contribution in [2.75, 3.05) is 0 Å². The second-order valence-electron chi connectivity index (χ2n) is 3.86. The first-order chi connectivity index (χ1) is 8.27. The zero-order valence-electron chi connectivity index (χ0n) is 9.14. The number of hydrogen-bond donors (Lipinski definition) is 0. The molecule has 0 amide bonds. The lowest BCUT2D eigenvalue weighted by atomic mass is 9.99. The standard InChI is InChI=1S/C13H9FN2S/c1-8-10(9-5-3-2-4-6-9)7-11(14)13-12(8)15-17-16-13/h2-7H,1H3. The smallest absolute Gasteiger partial charge is 0.152 e. The largest absolute Gasteiger partial charge is 0.204 e. The summed E-state index contributed by atoms with van der Waals surface area (Å²) >= 11 is 1.05. The quantitative estimate of drug-likeness (QED) is 0.650. The van der Waals surface area contributed by atoms with Crippen LogP contribution in [0.2, 0.25) is 0 Å². The Morgan fingerprint density at radius 2 is 1.76 bits per heavy atom. The SMILES string of the molecule is Cc1c(-c2ccccc2)cc(F)c2nsnc12. The van der Waals surface area contributed by atoms with E-state index in [1.807, 2.05) is 37.3 Å². The maximum atomic E-state index is 13.8. The first kappa shape index (κ1) is 10.4. The van der Waals surface area contributed by atoms with Gasteiger partial charge in [-0.25, -0.2) is 4.39 Å². The van der Waals surface area contributed by atoms with E-state index in [1.54, 1.807) is 0 Å². The normalized spacial score (nSPS) is 10.9. The highest BCUT2D eigenvalue weighted by atomic mass is 32.1. The Labute approximate surface area is 102 Å². The van der Waals surface area contributed by atoms with Gasteiger partial charge in [0.1, 0.15) is 11.0 Å². The minimum absolute atomic E-state index is 0.307. The number of rotatable bonds is 1. The molecule has 0 aliphatic heterocycles. The topological polar surface area (TPSA) is 25.8 Å². The summed E-state index contributed by atoms with van der Waals surface area (Å²) in [6.45, 7) is 1.95. The van der Waals surface area contributed by atoms with Crippen LogP contribution in [0.3, 0.4) is 0 Å². The predicted molar refractivity (Wildman–Crippen MR) is 67.5 cm³/mol. The average molecular weight is 244 g/mol. The fourth-order valence-electron chi connectivity index (χ4n) is 1.94. The molecule has 0 aliphatic rings. The van der Waals surface area contributed by atoms with Crippen LogP contribution in [0.15, 0.2) is 36.4 Å². The molecular formula is C13H9FN2S. The number of benzene rings is 2. The maximum absolute atomic E-state index is 13.8. The highest BCUT2D eigenvalue weighted by Gasteiger charge is 2.13. The summed E-state index contributed by atoms with van der Waals surface area (Å²) in [5, 5.41) is 0. The highest BCUT2D eigenvalue weighted by molar-refractivity contribution is 7.00. The zero-order valence-corrected chi connectivity index (χ0v) is 9.96. The molecule has 0 bridgehead atoms. The summed E-state index contributed by atoms with van der Waals surface area (Å²) in [5.41, 5.74) is 3.88. The Hall–Kier alpha value is -1.81. The van der Waals surface area contributed by atoms with Gasteiger partial charge in [-0.2, -0.15) is 8.75 Å². The number of aromatic nitrogens is 2. The number of nitrogens with zero attached hydrogens (tertiary/aromatic N) is 2. The molecule has 0 N–H and O–H groups in total. The van der Waals surface area contributed by atoms with Crippen LogP contribution in [-0.4, -0.2) is 8.75 Å². The molecule has 0 radical (unpaired) electrons. The van der Waals surface area contributed by atoms with Gasteiger partial charge in [0.05, 0.1) is 11.7 Å². The van der Waals surface area contributed by atoms with Gasteiger partial charge in [-0.15, -0.1) is 0 Å². The third kappa shape index (κ3) is 1.61. The van der Waals surface area contributed by atoms with Crippen LogP contribution in [0.1, 0.15) is 5.56 Å². The molecule has 3 aromatic rings. The van der Waals surface area contributed by atoms with Crippen LogP contribution in [0.25, 0.3) is 22.2 Å². The fourth-order valence-corrected chi connectivity index (χ4v) is 2.54. The molecule has 17 heavy (non-hydrogen) atoms. The van der Waals surface area contributed by atoms with E-state index in [1.165, 1.54) is 6.07 Å². The summed E-state index contributed by atoms with van der Waals surface area (Å²) in [7, 11) is 0. The molecular weight excluding hydrogens is 235 g/mol. The molecule has 3 rings (SSSR count). The van der Waals surface area contributed by atoms with Crippen molar-refractivity contribution >= 4 is 22.8 Å². The van der Waals surface area contributed by atoms with Crippen LogP contribution in [-0.2, 0) is 0 Å². The molecule has 2 aromatic carbocycles. The van der Waals surface area contributed by atoms with Gasteiger partial charge >= 0.3 is 0 Å². The number of halogens is 1. The third-order valence-corrected chi connectivity index (χ3v) is 3.36. The number of aryl methyl sites for hydroxylation is 1. The van der Waals surface area contributed by atoms with Gasteiger partial charge in [0.25, 0.3) is 0 Å². The molecule has 0 spiro atoms. The van der Waals surface area contributed by atoms with Gasteiger partial charge in [-0.1, -0.05) is 30.3 Å². The third-order valence-electron chi connectivity index (χ3n) is 2.83. The van der Waals surface area contributed by atoms with Gasteiger partial charge in [-0.3, -0.25) is 0 Å². The zero-order chi connectivity index (χ0) is 11.8. The van der Waals surface area contributed by atoms with Gasteiger partial charge in [0, 0.05) is 0 Å². The van der Waals surface area contributed by atoms with Crippen molar-refractivity contribution < 1.29 is 4.39 Å². The molecule has 1 heterocycles. The lowest BCUT2D eigenvalue weighted by Crippen LogP contribution is -1.89. The van der Waals surface area contributed by atoms with Gasteiger partial charge in [0.15, 0.2) is 5.82 Å². The summed E-state index contributed by atoms with van der Waals surface area (Å²) in [6, 6.07) is 11.3. The van der Waals surface area contributed by atoms with E-state index in [-0.39, 0.29) is 5.82 Å². The van der Waals surface area contributed by atoms with Crippen molar-refractivity contribution in [1.82, 2.24) is 8.75 Å². The van der Waals surface area contributed by atoms with E-state index in [2.05, 4.69) is 8.75 Å². The number of hydrogen-bond acceptors (Lipinski definition) is 3. The molecule has 0 saturated carbocycles. The van der Waals surface area contributed by atoms with E-state index < -0.39 is 0 Å². The average Bonchev–Trinajstić information content (AvgIpc) is 2.85. The van der Waals surface area contributed by atoms with E-state index in [0.29, 0.717) is 11.0 Å². The van der Waals surface area contributed by atoms with Crippen LogP contribution < -0.4 is 0 Å². The molecule has 0 fully saturated rings. The van der Waals surface area contributed by atoms with Gasteiger partial charge < -0.3 is 0 Å². The van der Waals surface area contributed by atoms with Crippen LogP contribution >= 0.6 is 11.7 Å². The van der Waals surface area contributed by atoms with E-state index in [9.17, 15) is 4.39 Å². The van der Waals surface area contributed by atoms with Crippen molar-refractivity contribution in [3.05, 3.63) is 47.8 Å². The van der Waals surface area contributed by atoms with Crippen LogP contribution in [0, 0.1) is 12.7 Å². The molecule has 0 aliphatic carbocycles. The molecule has 4 heteroatoms. The molecule has 0 unspecified atom stereocenters. The second kappa shape index (κ2) is 3.89. The van der Waals surface area contributed by atoms with Crippen molar-refractivity contribution in [3.8, 4) is 11.1 Å². The molecule has 1 aromatic heterocycles. The Balaban J connectivity index is 2.34. The Kier molecular flexibility index (Phi) is 2.37. The first-order valence-corrected chi connectivity index (χ1v) is 5.97. The summed E-state index contributed by atoms with van der Waals surface area (Å²) in [6.07, 6.45) is 0. The Bertz CT molecular complexity index is 676. The lowest BCUT2D eigenvalue weighted by Gasteiger charge is -2.06. The van der Waals surface area contributed by atoms with Crippen molar-refractivity contribution in [3.63, 3.8) is 0 Å². The summed E-state index contributed by atoms with van der Waals surface area (Å²) < 4.78 is 22.0. The molecule has 0 atom stereocenters. The predicted octanol–water partition coefficient (Wildman–Crippen LogP) is 3.81. The van der Waals surface area contributed by atoms with Crippen molar-refractivity contribution in [1.29, 1.82) is 0 Å². The minimum Gasteiger partial charge on any atom is -0.204 e. The van der Waals surface area contributed by atoms with Crippen molar-refractivity contribution in [2.24, 2.45) is 0 Å². The monoisotopic (exact) mass is 244 g/mol. The Morgan fingerprint density at radius 1 is 1.06 bits per heavy atom. The van der Waals surface area contributed by atoms with Gasteiger partial charge in [-0.05, 0) is 29.7 Å². The maximum Gasteiger partial charge on any atom is 0.152 e. The summed E-state index contributed by atoms with van der Waals surface area (Å²) in [5.74, 6) is -0.307. The fraction of sp³-hybridized carbons (Fsp3) is 0.0769. The highest BCUT2D eigenvalue weighted by Crippen LogP contribution is 2.30. The minimum atomic E-state index is -0.307. The van der Waals surface area contributed by atoms with E-state index in [0.717, 1.165) is 28.4 Å². The Morgan fingerprint density at radius 3 is 2.53 bits per heavy atom. The van der Waals surface area contributed by atoms with E-state index in [4.69, 9.17) is 0 Å².